The Bertz CT molecular complexity index is 511. The monoisotopic (exact) mass is 326 g/mol. The summed E-state index contributed by atoms with van der Waals surface area (Å²) in [6.45, 7) is 0. The Morgan fingerprint density at radius 3 is 2.17 bits per heavy atom. The minimum atomic E-state index is -4.76. The van der Waals surface area contributed by atoms with Crippen LogP contribution in [0.4, 0.5) is 13.2 Å². The number of hydrogen-bond acceptors (Lipinski definition) is 3. The van der Waals surface area contributed by atoms with E-state index < -0.39 is 34.8 Å². The topological polar surface area (TPSA) is 63.6 Å². The van der Waals surface area contributed by atoms with Crippen molar-refractivity contribution in [3.63, 3.8) is 0 Å². The molecule has 0 radical (unpaired) electrons. The van der Waals surface area contributed by atoms with E-state index in [1.165, 1.54) is 0 Å². The maximum Gasteiger partial charge on any atom is 0.416 e. The molecular weight excluding hydrogens is 321 g/mol. The van der Waals surface area contributed by atoms with Gasteiger partial charge >= 0.3 is 18.1 Å². The number of hydrogen-bond donors (Lipinski definition) is 1. The molecular formula is C10H6BrF3O4. The van der Waals surface area contributed by atoms with Gasteiger partial charge in [-0.15, -0.1) is 0 Å². The summed E-state index contributed by atoms with van der Waals surface area (Å²) >= 11 is 2.78. The van der Waals surface area contributed by atoms with Crippen LogP contribution in [0.2, 0.25) is 0 Å². The first kappa shape index (κ1) is 14.5. The standard InChI is InChI=1S/C10H6BrF3O4/c1-18-9(17)6-3-4(10(12,13)14)2-5(7(6)11)8(15)16/h2-3H,1H3,(H,15,16). The highest BCUT2D eigenvalue weighted by atomic mass is 79.9. The Kier molecular flexibility index (Phi) is 4.00. The van der Waals surface area contributed by atoms with Crippen molar-refractivity contribution in [1.82, 2.24) is 0 Å². The van der Waals surface area contributed by atoms with Crippen molar-refractivity contribution in [2.24, 2.45) is 0 Å². The molecule has 98 valence electrons. The molecule has 0 aromatic heterocycles. The molecule has 1 rings (SSSR count). The molecule has 1 N–H and O–H groups in total. The third-order valence-electron chi connectivity index (χ3n) is 2.04. The molecule has 1 aromatic rings. The van der Waals surface area contributed by atoms with E-state index in [-0.39, 0.29) is 4.47 Å². The van der Waals surface area contributed by atoms with Gasteiger partial charge in [0.1, 0.15) is 0 Å². The molecule has 0 unspecified atom stereocenters. The number of esters is 1. The van der Waals surface area contributed by atoms with Gasteiger partial charge in [-0.3, -0.25) is 0 Å². The molecule has 8 heteroatoms. The number of methoxy groups -OCH3 is 1. The van der Waals surface area contributed by atoms with Crippen LogP contribution in [0.5, 0.6) is 0 Å². The molecule has 4 nitrogen and oxygen atoms in total. The molecule has 1 aromatic carbocycles. The zero-order chi connectivity index (χ0) is 14.1. The van der Waals surface area contributed by atoms with Gasteiger partial charge in [-0.1, -0.05) is 0 Å². The fourth-order valence-electron chi connectivity index (χ4n) is 1.20. The van der Waals surface area contributed by atoms with E-state index in [0.29, 0.717) is 12.1 Å². The Morgan fingerprint density at radius 1 is 1.28 bits per heavy atom. The zero-order valence-corrected chi connectivity index (χ0v) is 10.4. The van der Waals surface area contributed by atoms with E-state index in [2.05, 4.69) is 20.7 Å². The molecule has 0 aliphatic rings. The molecule has 18 heavy (non-hydrogen) atoms. The summed E-state index contributed by atoms with van der Waals surface area (Å²) in [6, 6.07) is 0.973. The number of carbonyl (C=O) groups is 2. The van der Waals surface area contributed by atoms with Crippen molar-refractivity contribution < 1.29 is 32.6 Å². The summed E-state index contributed by atoms with van der Waals surface area (Å²) in [5.74, 6) is -2.64. The quantitative estimate of drug-likeness (QED) is 0.849. The highest BCUT2D eigenvalue weighted by Crippen LogP contribution is 2.34. The zero-order valence-electron chi connectivity index (χ0n) is 8.84. The highest BCUT2D eigenvalue weighted by Gasteiger charge is 2.34. The maximum atomic E-state index is 12.6. The summed E-state index contributed by atoms with van der Waals surface area (Å²) in [4.78, 5) is 22.1. The lowest BCUT2D eigenvalue weighted by Gasteiger charge is -2.11. The average Bonchev–Trinajstić information content (AvgIpc) is 2.26. The van der Waals surface area contributed by atoms with Crippen molar-refractivity contribution >= 4 is 27.9 Å². The average molecular weight is 327 g/mol. The minimum Gasteiger partial charge on any atom is -0.478 e. The molecule has 0 atom stereocenters. The van der Waals surface area contributed by atoms with Crippen LogP contribution in [0.25, 0.3) is 0 Å². The van der Waals surface area contributed by atoms with Crippen molar-refractivity contribution in [2.75, 3.05) is 7.11 Å². The number of halogens is 4. The first-order chi connectivity index (χ1) is 8.18. The van der Waals surface area contributed by atoms with E-state index in [1.807, 2.05) is 0 Å². The fourth-order valence-corrected chi connectivity index (χ4v) is 1.76. The molecule has 0 saturated carbocycles. The Morgan fingerprint density at radius 2 is 1.78 bits per heavy atom. The number of carboxylic acid groups (broad SMARTS) is 1. The van der Waals surface area contributed by atoms with Crippen LogP contribution in [0.3, 0.4) is 0 Å². The van der Waals surface area contributed by atoms with Gasteiger partial charge in [0.2, 0.25) is 0 Å². The summed E-state index contributed by atoms with van der Waals surface area (Å²) in [6.07, 6.45) is -4.76. The van der Waals surface area contributed by atoms with Crippen LogP contribution in [0, 0.1) is 0 Å². The van der Waals surface area contributed by atoms with E-state index in [9.17, 15) is 22.8 Å². The third-order valence-corrected chi connectivity index (χ3v) is 2.89. The lowest BCUT2D eigenvalue weighted by Crippen LogP contribution is -2.13. The first-order valence-corrected chi connectivity index (χ1v) is 5.20. The summed E-state index contributed by atoms with van der Waals surface area (Å²) < 4.78 is 41.7. The van der Waals surface area contributed by atoms with Crippen LogP contribution >= 0.6 is 15.9 Å². The second-order valence-corrected chi connectivity index (χ2v) is 3.97. The predicted octanol–water partition coefficient (Wildman–Crippen LogP) is 2.95. The molecule has 0 spiro atoms. The van der Waals surface area contributed by atoms with Gasteiger partial charge in [0.15, 0.2) is 0 Å². The van der Waals surface area contributed by atoms with Crippen LogP contribution < -0.4 is 0 Å². The van der Waals surface area contributed by atoms with Crippen molar-refractivity contribution in [2.45, 2.75) is 6.18 Å². The summed E-state index contributed by atoms with van der Waals surface area (Å²) in [5, 5.41) is 8.79. The molecule has 0 aliphatic heterocycles. The van der Waals surface area contributed by atoms with E-state index in [4.69, 9.17) is 5.11 Å². The van der Waals surface area contributed by atoms with Gasteiger partial charge in [-0.2, -0.15) is 13.2 Å². The Hall–Kier alpha value is -1.57. The number of alkyl halides is 3. The molecule has 0 heterocycles. The highest BCUT2D eigenvalue weighted by molar-refractivity contribution is 9.10. The van der Waals surface area contributed by atoms with Gasteiger partial charge in [0.05, 0.1) is 23.8 Å². The van der Waals surface area contributed by atoms with Crippen LogP contribution in [0.15, 0.2) is 16.6 Å². The van der Waals surface area contributed by atoms with E-state index in [1.54, 1.807) is 0 Å². The Labute approximate surface area is 107 Å². The smallest absolute Gasteiger partial charge is 0.416 e. The summed E-state index contributed by atoms with van der Waals surface area (Å²) in [5.41, 5.74) is -2.39. The fraction of sp³-hybridized carbons (Fsp3) is 0.200. The molecule has 0 amide bonds. The maximum absolute atomic E-state index is 12.6. The molecule has 0 fully saturated rings. The van der Waals surface area contributed by atoms with Crippen LogP contribution in [-0.4, -0.2) is 24.2 Å². The van der Waals surface area contributed by atoms with Crippen molar-refractivity contribution in [3.05, 3.63) is 33.3 Å². The SMILES string of the molecule is COC(=O)c1cc(C(F)(F)F)cc(C(=O)O)c1Br. The number of benzene rings is 1. The molecule has 0 bridgehead atoms. The molecule has 0 aliphatic carbocycles. The number of aromatic carboxylic acids is 1. The number of carboxylic acids is 1. The molecule has 0 saturated heterocycles. The Balaban J connectivity index is 3.57. The van der Waals surface area contributed by atoms with Crippen molar-refractivity contribution in [1.29, 1.82) is 0 Å². The third kappa shape index (κ3) is 2.81. The largest absolute Gasteiger partial charge is 0.478 e. The second-order valence-electron chi connectivity index (χ2n) is 3.18. The van der Waals surface area contributed by atoms with E-state index in [0.717, 1.165) is 7.11 Å². The van der Waals surface area contributed by atoms with Crippen LogP contribution in [-0.2, 0) is 10.9 Å². The van der Waals surface area contributed by atoms with Gasteiger partial charge in [-0.05, 0) is 28.1 Å². The normalized spacial score (nSPS) is 11.2. The van der Waals surface area contributed by atoms with E-state index >= 15 is 0 Å². The van der Waals surface area contributed by atoms with Gasteiger partial charge < -0.3 is 9.84 Å². The van der Waals surface area contributed by atoms with Gasteiger partial charge in [0.25, 0.3) is 0 Å². The number of carbonyl (C=O) groups excluding carboxylic acids is 1. The number of ether oxygens (including phenoxy) is 1. The lowest BCUT2D eigenvalue weighted by atomic mass is 10.1. The van der Waals surface area contributed by atoms with Gasteiger partial charge in [-0.25, -0.2) is 9.59 Å². The number of rotatable bonds is 2. The predicted molar refractivity (Wildman–Crippen MR) is 57.4 cm³/mol. The van der Waals surface area contributed by atoms with Crippen LogP contribution in [0.1, 0.15) is 26.3 Å². The van der Waals surface area contributed by atoms with Gasteiger partial charge in [0, 0.05) is 4.47 Å². The first-order valence-electron chi connectivity index (χ1n) is 4.40. The minimum absolute atomic E-state index is 0.255. The van der Waals surface area contributed by atoms with Crippen molar-refractivity contribution in [3.8, 4) is 0 Å². The summed E-state index contributed by atoms with van der Waals surface area (Å²) in [7, 11) is 0.982. The second kappa shape index (κ2) is 4.97. The lowest BCUT2D eigenvalue weighted by molar-refractivity contribution is -0.137.